The normalized spacial score (nSPS) is 17.6. The molecule has 0 atom stereocenters. The number of hydrogen-bond donors (Lipinski definition) is 1. The van der Waals surface area contributed by atoms with Gasteiger partial charge in [-0.2, -0.15) is 0 Å². The van der Waals surface area contributed by atoms with Crippen LogP contribution in [0.5, 0.6) is 0 Å². The Labute approximate surface area is 206 Å². The van der Waals surface area contributed by atoms with Crippen LogP contribution in [0.2, 0.25) is 0 Å². The van der Waals surface area contributed by atoms with Crippen LogP contribution in [0.3, 0.4) is 0 Å². The first kappa shape index (κ1) is 26.4. The van der Waals surface area contributed by atoms with Gasteiger partial charge in [0.1, 0.15) is 6.54 Å². The second-order valence-electron chi connectivity index (χ2n) is 7.92. The number of carbonyl (C=O) groups is 2. The van der Waals surface area contributed by atoms with Gasteiger partial charge in [0.2, 0.25) is 5.91 Å². The van der Waals surface area contributed by atoms with Crippen LogP contribution < -0.4 is 5.32 Å². The Balaban J connectivity index is 0.00000363. The molecule has 2 aliphatic rings. The number of rotatable bonds is 7. The molecule has 32 heavy (non-hydrogen) atoms. The minimum absolute atomic E-state index is 0. The van der Waals surface area contributed by atoms with Gasteiger partial charge in [-0.05, 0) is 25.1 Å². The second-order valence-corrected chi connectivity index (χ2v) is 7.92. The molecule has 1 N–H and O–H groups in total. The highest BCUT2D eigenvalue weighted by Crippen LogP contribution is 2.10. The summed E-state index contributed by atoms with van der Waals surface area (Å²) < 4.78 is 10.6. The van der Waals surface area contributed by atoms with Gasteiger partial charge in [0.25, 0.3) is 5.91 Å². The quantitative estimate of drug-likeness (QED) is 0.223. The van der Waals surface area contributed by atoms with Gasteiger partial charge in [0.05, 0.1) is 19.5 Å². The molecule has 2 amide bonds. The molecule has 0 spiro atoms. The summed E-state index contributed by atoms with van der Waals surface area (Å²) in [5, 5.41) is 3.42. The highest BCUT2D eigenvalue weighted by Gasteiger charge is 2.25. The molecule has 11 heteroatoms. The number of piperazine rings is 1. The molecule has 2 aliphatic heterocycles. The molecule has 2 saturated heterocycles. The molecule has 0 saturated carbocycles. The fourth-order valence-corrected chi connectivity index (χ4v) is 3.56. The third-order valence-corrected chi connectivity index (χ3v) is 5.50. The van der Waals surface area contributed by atoms with Crippen LogP contribution in [0.25, 0.3) is 0 Å². The number of morpholine rings is 1. The zero-order valence-corrected chi connectivity index (χ0v) is 21.3. The maximum Gasteiger partial charge on any atom is 0.289 e. The number of ether oxygens (including phenoxy) is 1. The van der Waals surface area contributed by atoms with Gasteiger partial charge < -0.3 is 29.2 Å². The van der Waals surface area contributed by atoms with Crippen molar-refractivity contribution in [2.24, 2.45) is 4.99 Å². The van der Waals surface area contributed by atoms with Crippen LogP contribution >= 0.6 is 24.0 Å². The van der Waals surface area contributed by atoms with Gasteiger partial charge in [-0.1, -0.05) is 0 Å². The lowest BCUT2D eigenvalue weighted by atomic mass is 10.3. The van der Waals surface area contributed by atoms with Gasteiger partial charge >= 0.3 is 0 Å². The summed E-state index contributed by atoms with van der Waals surface area (Å²) in [4.78, 5) is 36.9. The average Bonchev–Trinajstić information content (AvgIpc) is 3.33. The summed E-state index contributed by atoms with van der Waals surface area (Å²) in [5.74, 6) is 0.950. The predicted molar refractivity (Wildman–Crippen MR) is 132 cm³/mol. The first-order chi connectivity index (χ1) is 15.0. The van der Waals surface area contributed by atoms with E-state index >= 15 is 0 Å². The molecular formula is C21H35IN6O4. The number of aliphatic imine (C=N–C) groups is 1. The van der Waals surface area contributed by atoms with E-state index in [-0.39, 0.29) is 42.3 Å². The number of amides is 2. The summed E-state index contributed by atoms with van der Waals surface area (Å²) in [7, 11) is 3.46. The molecule has 0 radical (unpaired) electrons. The van der Waals surface area contributed by atoms with E-state index in [9.17, 15) is 9.59 Å². The van der Waals surface area contributed by atoms with Crippen LogP contribution in [-0.4, -0.2) is 124 Å². The van der Waals surface area contributed by atoms with E-state index in [4.69, 9.17) is 9.15 Å². The van der Waals surface area contributed by atoms with Gasteiger partial charge in [0, 0.05) is 59.9 Å². The lowest BCUT2D eigenvalue weighted by Gasteiger charge is -2.36. The molecule has 0 aromatic carbocycles. The molecule has 1 aromatic heterocycles. The lowest BCUT2D eigenvalue weighted by molar-refractivity contribution is -0.127. The predicted octanol–water partition coefficient (Wildman–Crippen LogP) is 0.412. The Morgan fingerprint density at radius 3 is 2.41 bits per heavy atom. The van der Waals surface area contributed by atoms with Gasteiger partial charge in [-0.15, -0.1) is 24.0 Å². The summed E-state index contributed by atoms with van der Waals surface area (Å²) in [5.41, 5.74) is 0. The number of hydrogen-bond acceptors (Lipinski definition) is 6. The maximum absolute atomic E-state index is 12.5. The number of carbonyl (C=O) groups excluding carboxylic acids is 2. The molecule has 3 heterocycles. The third-order valence-electron chi connectivity index (χ3n) is 5.50. The van der Waals surface area contributed by atoms with Crippen molar-refractivity contribution in [3.8, 4) is 0 Å². The molecule has 0 bridgehead atoms. The van der Waals surface area contributed by atoms with Crippen LogP contribution in [0, 0.1) is 0 Å². The SMILES string of the molecule is CN(C)C(=O)CN=C(NCCCN1CCOCC1)N1CCN(C(=O)c2ccco2)CC1.I. The third kappa shape index (κ3) is 7.93. The van der Waals surface area contributed by atoms with Crippen molar-refractivity contribution in [3.63, 3.8) is 0 Å². The van der Waals surface area contributed by atoms with E-state index in [2.05, 4.69) is 20.1 Å². The zero-order valence-electron chi connectivity index (χ0n) is 19.0. The van der Waals surface area contributed by atoms with Crippen molar-refractivity contribution in [1.82, 2.24) is 24.9 Å². The molecule has 0 unspecified atom stereocenters. The molecule has 180 valence electrons. The number of nitrogens with one attached hydrogen (secondary N) is 1. The Hall–Kier alpha value is -1.86. The van der Waals surface area contributed by atoms with Gasteiger partial charge in [0.15, 0.2) is 11.7 Å². The summed E-state index contributed by atoms with van der Waals surface area (Å²) in [6, 6.07) is 3.40. The van der Waals surface area contributed by atoms with E-state index in [0.29, 0.717) is 31.9 Å². The smallest absolute Gasteiger partial charge is 0.289 e. The van der Waals surface area contributed by atoms with E-state index in [0.717, 1.165) is 51.8 Å². The monoisotopic (exact) mass is 562 g/mol. The van der Waals surface area contributed by atoms with Crippen molar-refractivity contribution in [2.45, 2.75) is 6.42 Å². The van der Waals surface area contributed by atoms with E-state index in [1.54, 1.807) is 36.0 Å². The number of furan rings is 1. The largest absolute Gasteiger partial charge is 0.459 e. The molecule has 2 fully saturated rings. The highest BCUT2D eigenvalue weighted by molar-refractivity contribution is 14.0. The van der Waals surface area contributed by atoms with Crippen LogP contribution in [0.4, 0.5) is 0 Å². The fraction of sp³-hybridized carbons (Fsp3) is 0.667. The molecule has 3 rings (SSSR count). The van der Waals surface area contributed by atoms with Crippen LogP contribution in [-0.2, 0) is 9.53 Å². The molecular weight excluding hydrogens is 527 g/mol. The van der Waals surface area contributed by atoms with Crippen LogP contribution in [0.1, 0.15) is 17.0 Å². The van der Waals surface area contributed by atoms with Crippen molar-refractivity contribution in [1.29, 1.82) is 0 Å². The summed E-state index contributed by atoms with van der Waals surface area (Å²) in [6.07, 6.45) is 2.49. The standard InChI is InChI=1S/C21H34N6O4.HI/c1-24(2)19(28)17-23-21(22-6-4-7-25-12-15-30-16-13-25)27-10-8-26(9-11-27)20(29)18-5-3-14-31-18;/h3,5,14H,4,6-13,15-17H2,1-2H3,(H,22,23);1H. The van der Waals surface area contributed by atoms with Crippen molar-refractivity contribution >= 4 is 41.8 Å². The van der Waals surface area contributed by atoms with Crippen molar-refractivity contribution in [2.75, 3.05) is 86.2 Å². The Bertz CT molecular complexity index is 729. The minimum Gasteiger partial charge on any atom is -0.459 e. The minimum atomic E-state index is -0.0932. The summed E-state index contributed by atoms with van der Waals surface area (Å²) in [6.45, 7) is 7.89. The van der Waals surface area contributed by atoms with E-state index < -0.39 is 0 Å². The van der Waals surface area contributed by atoms with Crippen LogP contribution in [0.15, 0.2) is 27.8 Å². The van der Waals surface area contributed by atoms with Crippen molar-refractivity contribution < 1.29 is 18.7 Å². The van der Waals surface area contributed by atoms with Crippen molar-refractivity contribution in [3.05, 3.63) is 24.2 Å². The Morgan fingerprint density at radius 1 is 1.09 bits per heavy atom. The number of halogens is 1. The zero-order chi connectivity index (χ0) is 22.1. The van der Waals surface area contributed by atoms with Gasteiger partial charge in [-0.25, -0.2) is 4.99 Å². The first-order valence-electron chi connectivity index (χ1n) is 10.9. The maximum atomic E-state index is 12.5. The van der Waals surface area contributed by atoms with E-state index in [1.165, 1.54) is 6.26 Å². The van der Waals surface area contributed by atoms with E-state index in [1.807, 2.05) is 0 Å². The number of nitrogens with zero attached hydrogens (tertiary/aromatic N) is 5. The molecule has 1 aromatic rings. The number of likely N-dealkylation sites (N-methyl/N-ethyl adjacent to an activating group) is 1. The second kappa shape index (κ2) is 13.6. The Morgan fingerprint density at radius 2 is 1.78 bits per heavy atom. The van der Waals surface area contributed by atoms with Gasteiger partial charge in [-0.3, -0.25) is 14.5 Å². The summed E-state index contributed by atoms with van der Waals surface area (Å²) >= 11 is 0. The molecule has 0 aliphatic carbocycles. The topological polar surface area (TPSA) is 93.9 Å². The number of guanidine groups is 1. The average molecular weight is 562 g/mol. The highest BCUT2D eigenvalue weighted by atomic mass is 127. The fourth-order valence-electron chi connectivity index (χ4n) is 3.56. The lowest BCUT2D eigenvalue weighted by Crippen LogP contribution is -2.54. The Kier molecular flexibility index (Phi) is 11.2. The first-order valence-corrected chi connectivity index (χ1v) is 10.9. The molecule has 10 nitrogen and oxygen atoms in total.